The number of rotatable bonds is 6. The van der Waals surface area contributed by atoms with Crippen LogP contribution in [-0.4, -0.2) is 75.1 Å². The Morgan fingerprint density at radius 2 is 1.26 bits per heavy atom. The number of fused-ring (bicyclic) bond motifs is 1. The summed E-state index contributed by atoms with van der Waals surface area (Å²) in [6.07, 6.45) is 0. The van der Waals surface area contributed by atoms with Crippen LogP contribution in [0.25, 0.3) is 11.0 Å². The summed E-state index contributed by atoms with van der Waals surface area (Å²) in [6.45, 7) is 1.75. The molecular formula is C12H20N4O3. The average molecular weight is 268 g/mol. The molecule has 0 aliphatic rings. The maximum absolute atomic E-state index is 8.48. The van der Waals surface area contributed by atoms with E-state index in [9.17, 15) is 0 Å². The minimum Gasteiger partial charge on any atom is -0.395 e. The molecule has 2 rings (SSSR count). The van der Waals surface area contributed by atoms with Gasteiger partial charge in [-0.2, -0.15) is 15.4 Å². The fraction of sp³-hybridized carbons (Fsp3) is 0.500. The summed E-state index contributed by atoms with van der Waals surface area (Å²) in [5.74, 6) is 0. The molecule has 0 radical (unpaired) electrons. The molecule has 4 N–H and O–H groups in total. The topological polar surface area (TPSA) is 106 Å². The SMILES string of the molecule is OCCN(CCO)CCO.c1ccc2n[nH]nc2c1. The minimum absolute atomic E-state index is 0.0694. The number of aliphatic hydroxyl groups excluding tert-OH is 3. The van der Waals surface area contributed by atoms with Gasteiger partial charge in [-0.15, -0.1) is 0 Å². The highest BCUT2D eigenvalue weighted by atomic mass is 16.3. The molecule has 0 aliphatic heterocycles. The van der Waals surface area contributed by atoms with Gasteiger partial charge in [-0.05, 0) is 12.1 Å². The monoisotopic (exact) mass is 268 g/mol. The summed E-state index contributed by atoms with van der Waals surface area (Å²) >= 11 is 0. The first-order valence-corrected chi connectivity index (χ1v) is 6.12. The molecule has 1 heterocycles. The van der Waals surface area contributed by atoms with E-state index in [0.717, 1.165) is 11.0 Å². The summed E-state index contributed by atoms with van der Waals surface area (Å²) < 4.78 is 0. The maximum atomic E-state index is 8.48. The summed E-state index contributed by atoms with van der Waals surface area (Å²) in [6, 6.07) is 7.70. The number of para-hydroxylation sites is 2. The predicted octanol–water partition coefficient (Wildman–Crippen LogP) is -0.777. The van der Waals surface area contributed by atoms with E-state index in [-0.39, 0.29) is 19.8 Å². The molecule has 0 saturated heterocycles. The van der Waals surface area contributed by atoms with Gasteiger partial charge in [0, 0.05) is 19.6 Å². The van der Waals surface area contributed by atoms with E-state index in [1.54, 1.807) is 4.90 Å². The Bertz CT molecular complexity index is 405. The molecule has 2 aromatic rings. The third kappa shape index (κ3) is 5.75. The first-order chi connectivity index (χ1) is 9.31. The third-order valence-corrected chi connectivity index (χ3v) is 2.47. The van der Waals surface area contributed by atoms with Crippen LogP contribution in [0.15, 0.2) is 24.3 Å². The van der Waals surface area contributed by atoms with Crippen molar-refractivity contribution in [2.24, 2.45) is 0 Å². The Kier molecular flexibility index (Phi) is 7.68. The van der Waals surface area contributed by atoms with E-state index in [2.05, 4.69) is 15.4 Å². The van der Waals surface area contributed by atoms with E-state index in [1.165, 1.54) is 0 Å². The molecule has 0 atom stereocenters. The Morgan fingerprint density at radius 1 is 0.842 bits per heavy atom. The zero-order valence-electron chi connectivity index (χ0n) is 10.7. The molecule has 19 heavy (non-hydrogen) atoms. The van der Waals surface area contributed by atoms with Crippen LogP contribution in [0.5, 0.6) is 0 Å². The first kappa shape index (κ1) is 15.5. The van der Waals surface area contributed by atoms with Crippen molar-refractivity contribution in [3.05, 3.63) is 24.3 Å². The minimum atomic E-state index is 0.0694. The molecule has 0 fully saturated rings. The van der Waals surface area contributed by atoms with Crippen LogP contribution in [-0.2, 0) is 0 Å². The fourth-order valence-electron chi connectivity index (χ4n) is 1.55. The lowest BCUT2D eigenvalue weighted by molar-refractivity contribution is 0.136. The summed E-state index contributed by atoms with van der Waals surface area (Å²) in [5, 5.41) is 35.8. The van der Waals surface area contributed by atoms with Crippen LogP contribution in [0.3, 0.4) is 0 Å². The van der Waals surface area contributed by atoms with Crippen molar-refractivity contribution in [3.8, 4) is 0 Å². The van der Waals surface area contributed by atoms with Crippen molar-refractivity contribution < 1.29 is 15.3 Å². The lowest BCUT2D eigenvalue weighted by Gasteiger charge is -2.17. The number of aliphatic hydroxyl groups is 3. The van der Waals surface area contributed by atoms with Crippen molar-refractivity contribution in [1.82, 2.24) is 20.3 Å². The van der Waals surface area contributed by atoms with E-state index < -0.39 is 0 Å². The standard InChI is InChI=1S/C6H5N3.C6H15NO3/c1-2-4-6-5(3-1)7-9-8-6;8-4-1-7(2-5-9)3-6-10/h1-4H,(H,7,8,9);8-10H,1-6H2. The molecule has 7 heteroatoms. The summed E-state index contributed by atoms with van der Waals surface area (Å²) in [4.78, 5) is 1.79. The van der Waals surface area contributed by atoms with Crippen molar-refractivity contribution in [2.45, 2.75) is 0 Å². The van der Waals surface area contributed by atoms with Gasteiger partial charge >= 0.3 is 0 Å². The molecule has 0 spiro atoms. The number of benzene rings is 1. The normalized spacial score (nSPS) is 10.5. The van der Waals surface area contributed by atoms with Gasteiger partial charge in [-0.25, -0.2) is 0 Å². The molecule has 0 saturated carbocycles. The van der Waals surface area contributed by atoms with Crippen LogP contribution in [0, 0.1) is 0 Å². The van der Waals surface area contributed by atoms with Crippen molar-refractivity contribution >= 4 is 11.0 Å². The Labute approximate surface area is 111 Å². The van der Waals surface area contributed by atoms with Crippen LogP contribution in [0.1, 0.15) is 0 Å². The number of aromatic nitrogens is 3. The fourth-order valence-corrected chi connectivity index (χ4v) is 1.55. The Balaban J connectivity index is 0.000000190. The number of hydrogen-bond donors (Lipinski definition) is 4. The summed E-state index contributed by atoms with van der Waals surface area (Å²) in [5.41, 5.74) is 1.83. The van der Waals surface area contributed by atoms with Gasteiger partial charge < -0.3 is 15.3 Å². The van der Waals surface area contributed by atoms with Crippen LogP contribution in [0.2, 0.25) is 0 Å². The van der Waals surface area contributed by atoms with E-state index in [1.807, 2.05) is 24.3 Å². The van der Waals surface area contributed by atoms with Gasteiger partial charge in [0.05, 0.1) is 19.8 Å². The van der Waals surface area contributed by atoms with Crippen LogP contribution < -0.4 is 0 Å². The smallest absolute Gasteiger partial charge is 0.112 e. The van der Waals surface area contributed by atoms with E-state index in [4.69, 9.17) is 15.3 Å². The molecule has 106 valence electrons. The van der Waals surface area contributed by atoms with Gasteiger partial charge in [0.25, 0.3) is 0 Å². The molecule has 0 unspecified atom stereocenters. The van der Waals surface area contributed by atoms with Crippen LogP contribution in [0.4, 0.5) is 0 Å². The predicted molar refractivity (Wildman–Crippen MR) is 71.6 cm³/mol. The first-order valence-electron chi connectivity index (χ1n) is 6.12. The van der Waals surface area contributed by atoms with Crippen molar-refractivity contribution in [1.29, 1.82) is 0 Å². The lowest BCUT2D eigenvalue weighted by Crippen LogP contribution is -2.32. The molecule has 1 aromatic carbocycles. The number of aromatic amines is 1. The maximum Gasteiger partial charge on any atom is 0.112 e. The molecular weight excluding hydrogens is 248 g/mol. The molecule has 1 aromatic heterocycles. The van der Waals surface area contributed by atoms with Gasteiger partial charge in [-0.3, -0.25) is 4.90 Å². The van der Waals surface area contributed by atoms with Gasteiger partial charge in [-0.1, -0.05) is 12.1 Å². The molecule has 0 aliphatic carbocycles. The number of hydrogen-bond acceptors (Lipinski definition) is 6. The number of H-pyrrole nitrogens is 1. The second-order valence-corrected chi connectivity index (χ2v) is 3.82. The largest absolute Gasteiger partial charge is 0.395 e. The molecule has 0 bridgehead atoms. The van der Waals surface area contributed by atoms with Crippen molar-refractivity contribution in [3.63, 3.8) is 0 Å². The van der Waals surface area contributed by atoms with Crippen molar-refractivity contribution in [2.75, 3.05) is 39.5 Å². The van der Waals surface area contributed by atoms with Gasteiger partial charge in [0.15, 0.2) is 0 Å². The van der Waals surface area contributed by atoms with E-state index >= 15 is 0 Å². The molecule has 7 nitrogen and oxygen atoms in total. The summed E-state index contributed by atoms with van der Waals surface area (Å²) in [7, 11) is 0. The lowest BCUT2D eigenvalue weighted by atomic mass is 10.3. The highest BCUT2D eigenvalue weighted by Gasteiger charge is 2.00. The third-order valence-electron chi connectivity index (χ3n) is 2.47. The Morgan fingerprint density at radius 3 is 1.63 bits per heavy atom. The number of nitrogens with zero attached hydrogens (tertiary/aromatic N) is 3. The van der Waals surface area contributed by atoms with Crippen LogP contribution >= 0.6 is 0 Å². The quantitative estimate of drug-likeness (QED) is 0.548. The second-order valence-electron chi connectivity index (χ2n) is 3.82. The van der Waals surface area contributed by atoms with Gasteiger partial charge in [0.1, 0.15) is 11.0 Å². The number of nitrogens with one attached hydrogen (secondary N) is 1. The average Bonchev–Trinajstić information content (AvgIpc) is 2.89. The zero-order chi connectivity index (χ0) is 13.9. The van der Waals surface area contributed by atoms with Gasteiger partial charge in [0.2, 0.25) is 0 Å². The highest BCUT2D eigenvalue weighted by Crippen LogP contribution is 2.03. The Hall–Kier alpha value is -1.54. The zero-order valence-corrected chi connectivity index (χ0v) is 10.7. The molecule has 0 amide bonds. The highest BCUT2D eigenvalue weighted by molar-refractivity contribution is 5.72. The second kappa shape index (κ2) is 9.40. The van der Waals surface area contributed by atoms with E-state index in [0.29, 0.717) is 19.6 Å².